The molecule has 0 N–H and O–H groups in total. The maximum absolute atomic E-state index is 4.68. The van der Waals surface area contributed by atoms with Crippen molar-refractivity contribution in [2.75, 3.05) is 0 Å². The summed E-state index contributed by atoms with van der Waals surface area (Å²) in [6, 6.07) is 0.744. The molecule has 2 saturated carbocycles. The Balaban J connectivity index is 1.68. The summed E-state index contributed by atoms with van der Waals surface area (Å²) in [4.78, 5) is 4.68. The molecule has 2 heteroatoms. The molecule has 0 aromatic carbocycles. The van der Waals surface area contributed by atoms with Crippen molar-refractivity contribution in [3.8, 4) is 0 Å². The predicted octanol–water partition coefficient (Wildman–Crippen LogP) is 4.44. The van der Waals surface area contributed by atoms with Gasteiger partial charge in [0, 0.05) is 18.2 Å². The molecule has 1 aromatic heterocycles. The van der Waals surface area contributed by atoms with Crippen molar-refractivity contribution in [2.45, 2.75) is 76.2 Å². The zero-order chi connectivity index (χ0) is 11.5. The first-order chi connectivity index (χ1) is 8.43. The molecule has 0 bridgehead atoms. The SMILES string of the molecule is c1nc(C2CCCCC2)cn1C1CCCCC1. The van der Waals surface area contributed by atoms with E-state index < -0.39 is 0 Å². The second kappa shape index (κ2) is 5.24. The molecule has 0 unspecified atom stereocenters. The summed E-state index contributed by atoms with van der Waals surface area (Å²) in [6.07, 6.45) is 18.4. The van der Waals surface area contributed by atoms with Crippen LogP contribution in [0, 0.1) is 0 Å². The fraction of sp³-hybridized carbons (Fsp3) is 0.800. The molecule has 2 fully saturated rings. The number of hydrogen-bond donors (Lipinski definition) is 0. The topological polar surface area (TPSA) is 17.8 Å². The summed E-state index contributed by atoms with van der Waals surface area (Å²) in [7, 11) is 0. The van der Waals surface area contributed by atoms with Gasteiger partial charge in [-0.2, -0.15) is 0 Å². The highest BCUT2D eigenvalue weighted by Crippen LogP contribution is 2.33. The number of nitrogens with zero attached hydrogens (tertiary/aromatic N) is 2. The van der Waals surface area contributed by atoms with Gasteiger partial charge >= 0.3 is 0 Å². The fourth-order valence-corrected chi connectivity index (χ4v) is 3.54. The summed E-state index contributed by atoms with van der Waals surface area (Å²) in [5.74, 6) is 0.758. The summed E-state index contributed by atoms with van der Waals surface area (Å²) in [5.41, 5.74) is 1.37. The minimum absolute atomic E-state index is 0.744. The molecule has 17 heavy (non-hydrogen) atoms. The smallest absolute Gasteiger partial charge is 0.0952 e. The van der Waals surface area contributed by atoms with Crippen molar-refractivity contribution in [1.29, 1.82) is 0 Å². The van der Waals surface area contributed by atoms with Gasteiger partial charge in [0.1, 0.15) is 0 Å². The van der Waals surface area contributed by atoms with Gasteiger partial charge in [-0.05, 0) is 25.7 Å². The van der Waals surface area contributed by atoms with Crippen LogP contribution in [-0.2, 0) is 0 Å². The second-order valence-corrected chi connectivity index (χ2v) is 5.87. The minimum Gasteiger partial charge on any atom is -0.334 e. The number of aromatic nitrogens is 2. The first-order valence-electron chi connectivity index (χ1n) is 7.47. The van der Waals surface area contributed by atoms with Gasteiger partial charge < -0.3 is 4.57 Å². The van der Waals surface area contributed by atoms with E-state index >= 15 is 0 Å². The molecule has 1 heterocycles. The Hall–Kier alpha value is -0.790. The van der Waals surface area contributed by atoms with Crippen LogP contribution in [0.5, 0.6) is 0 Å². The van der Waals surface area contributed by atoms with Crippen molar-refractivity contribution in [3.63, 3.8) is 0 Å². The number of rotatable bonds is 2. The number of imidazole rings is 1. The zero-order valence-corrected chi connectivity index (χ0v) is 10.8. The molecule has 2 aliphatic rings. The summed E-state index contributed by atoms with van der Waals surface area (Å²) in [6.45, 7) is 0. The van der Waals surface area contributed by atoms with E-state index in [4.69, 9.17) is 0 Å². The Bertz CT molecular complexity index is 311. The summed E-state index contributed by atoms with van der Waals surface area (Å²) < 4.78 is 2.41. The van der Waals surface area contributed by atoms with Gasteiger partial charge in [0.25, 0.3) is 0 Å². The van der Waals surface area contributed by atoms with Crippen molar-refractivity contribution in [1.82, 2.24) is 9.55 Å². The largest absolute Gasteiger partial charge is 0.334 e. The third-order valence-corrected chi connectivity index (χ3v) is 4.64. The van der Waals surface area contributed by atoms with Gasteiger partial charge in [-0.25, -0.2) is 4.98 Å². The molecule has 0 spiro atoms. The lowest BCUT2D eigenvalue weighted by Gasteiger charge is -2.23. The highest BCUT2D eigenvalue weighted by molar-refractivity contribution is 5.06. The lowest BCUT2D eigenvalue weighted by Crippen LogP contribution is -2.11. The van der Waals surface area contributed by atoms with E-state index in [2.05, 4.69) is 22.1 Å². The lowest BCUT2D eigenvalue weighted by molar-refractivity contribution is 0.352. The van der Waals surface area contributed by atoms with E-state index in [-0.39, 0.29) is 0 Å². The van der Waals surface area contributed by atoms with Crippen LogP contribution in [-0.4, -0.2) is 9.55 Å². The molecule has 94 valence electrons. The Kier molecular flexibility index (Phi) is 3.49. The highest BCUT2D eigenvalue weighted by Gasteiger charge is 2.20. The molecule has 0 radical (unpaired) electrons. The Morgan fingerprint density at radius 3 is 2.24 bits per heavy atom. The van der Waals surface area contributed by atoms with Gasteiger partial charge in [-0.15, -0.1) is 0 Å². The summed E-state index contributed by atoms with van der Waals surface area (Å²) >= 11 is 0. The lowest BCUT2D eigenvalue weighted by atomic mass is 9.87. The van der Waals surface area contributed by atoms with E-state index in [1.165, 1.54) is 69.9 Å². The van der Waals surface area contributed by atoms with Crippen LogP contribution in [0.1, 0.15) is 81.9 Å². The molecule has 0 atom stereocenters. The molecular weight excluding hydrogens is 208 g/mol. The van der Waals surface area contributed by atoms with Crippen LogP contribution < -0.4 is 0 Å². The molecule has 2 nitrogen and oxygen atoms in total. The number of hydrogen-bond acceptors (Lipinski definition) is 1. The monoisotopic (exact) mass is 232 g/mol. The third kappa shape index (κ3) is 2.56. The van der Waals surface area contributed by atoms with Crippen molar-refractivity contribution in [3.05, 3.63) is 18.2 Å². The van der Waals surface area contributed by atoms with Crippen LogP contribution in [0.4, 0.5) is 0 Å². The van der Waals surface area contributed by atoms with E-state index in [1.54, 1.807) is 0 Å². The van der Waals surface area contributed by atoms with Crippen molar-refractivity contribution in [2.24, 2.45) is 0 Å². The molecule has 0 saturated heterocycles. The maximum Gasteiger partial charge on any atom is 0.0952 e. The van der Waals surface area contributed by atoms with Crippen LogP contribution in [0.15, 0.2) is 12.5 Å². The van der Waals surface area contributed by atoms with Crippen LogP contribution >= 0.6 is 0 Å². The molecule has 0 aliphatic heterocycles. The van der Waals surface area contributed by atoms with E-state index in [0.29, 0.717) is 0 Å². The minimum atomic E-state index is 0.744. The van der Waals surface area contributed by atoms with Crippen LogP contribution in [0.2, 0.25) is 0 Å². The molecule has 2 aliphatic carbocycles. The fourth-order valence-electron chi connectivity index (χ4n) is 3.54. The molecule has 1 aromatic rings. The quantitative estimate of drug-likeness (QED) is 0.737. The van der Waals surface area contributed by atoms with E-state index in [0.717, 1.165) is 12.0 Å². The standard InChI is InChI=1S/C15H24N2/c1-3-7-13(8-4-1)15-11-17(12-16-15)14-9-5-2-6-10-14/h11-14H,1-10H2. The first-order valence-corrected chi connectivity index (χ1v) is 7.47. The molecular formula is C15H24N2. The normalized spacial score (nSPS) is 24.0. The average molecular weight is 232 g/mol. The van der Waals surface area contributed by atoms with Gasteiger partial charge in [0.2, 0.25) is 0 Å². The van der Waals surface area contributed by atoms with Crippen molar-refractivity contribution >= 4 is 0 Å². The van der Waals surface area contributed by atoms with Crippen LogP contribution in [0.3, 0.4) is 0 Å². The Labute approximate surface area is 104 Å². The van der Waals surface area contributed by atoms with Gasteiger partial charge in [0.15, 0.2) is 0 Å². The average Bonchev–Trinajstić information content (AvgIpc) is 2.90. The summed E-state index contributed by atoms with van der Waals surface area (Å²) in [5, 5.41) is 0. The van der Waals surface area contributed by atoms with E-state index in [9.17, 15) is 0 Å². The van der Waals surface area contributed by atoms with Gasteiger partial charge in [-0.1, -0.05) is 38.5 Å². The maximum atomic E-state index is 4.68. The first kappa shape index (κ1) is 11.3. The Morgan fingerprint density at radius 1 is 0.882 bits per heavy atom. The van der Waals surface area contributed by atoms with Crippen LogP contribution in [0.25, 0.3) is 0 Å². The van der Waals surface area contributed by atoms with E-state index in [1.807, 2.05) is 0 Å². The molecule has 3 rings (SSSR count). The van der Waals surface area contributed by atoms with Gasteiger partial charge in [0.05, 0.1) is 12.0 Å². The van der Waals surface area contributed by atoms with Crippen molar-refractivity contribution < 1.29 is 0 Å². The predicted molar refractivity (Wildman–Crippen MR) is 70.2 cm³/mol. The Morgan fingerprint density at radius 2 is 1.53 bits per heavy atom. The highest BCUT2D eigenvalue weighted by atomic mass is 15.1. The van der Waals surface area contributed by atoms with Gasteiger partial charge in [-0.3, -0.25) is 0 Å². The third-order valence-electron chi connectivity index (χ3n) is 4.64. The molecule has 0 amide bonds. The zero-order valence-electron chi connectivity index (χ0n) is 10.8. The second-order valence-electron chi connectivity index (χ2n) is 5.87.